The first-order valence-electron chi connectivity index (χ1n) is 6.63. The summed E-state index contributed by atoms with van der Waals surface area (Å²) in [6, 6.07) is 2.92. The van der Waals surface area contributed by atoms with Crippen LogP contribution in [0.25, 0.3) is 10.1 Å². The first kappa shape index (κ1) is 17.7. The smallest absolute Gasteiger partial charge is 0.305 e. The molecule has 0 N–H and O–H groups in total. The van der Waals surface area contributed by atoms with Crippen molar-refractivity contribution < 1.29 is 27.8 Å². The van der Waals surface area contributed by atoms with E-state index in [-0.39, 0.29) is 16.3 Å². The lowest BCUT2D eigenvalue weighted by molar-refractivity contribution is -0.142. The molecule has 0 spiro atoms. The van der Waals surface area contributed by atoms with Gasteiger partial charge in [0.25, 0.3) is 5.92 Å². The van der Waals surface area contributed by atoms with E-state index in [1.165, 1.54) is 20.3 Å². The summed E-state index contributed by atoms with van der Waals surface area (Å²) in [5.74, 6) is -3.16. The van der Waals surface area contributed by atoms with Gasteiger partial charge in [-0.15, -0.1) is 11.3 Å². The molecule has 4 nitrogen and oxygen atoms in total. The van der Waals surface area contributed by atoms with Gasteiger partial charge in [0.1, 0.15) is 0 Å². The Bertz CT molecular complexity index is 730. The molecule has 0 radical (unpaired) electrons. The van der Waals surface area contributed by atoms with Crippen LogP contribution in [0, 0.1) is 0 Å². The quantitative estimate of drug-likeness (QED) is 0.702. The molecule has 2 rings (SSSR count). The first-order chi connectivity index (χ1) is 10.8. The van der Waals surface area contributed by atoms with Crippen molar-refractivity contribution in [3.05, 3.63) is 22.0 Å². The summed E-state index contributed by atoms with van der Waals surface area (Å²) in [7, 11) is 4.03. The van der Waals surface area contributed by atoms with Crippen LogP contribution in [-0.2, 0) is 15.5 Å². The number of methoxy groups -OCH3 is 3. The zero-order valence-corrected chi connectivity index (χ0v) is 14.3. The monoisotopic (exact) mass is 364 g/mol. The number of fused-ring (bicyclic) bond motifs is 1. The summed E-state index contributed by atoms with van der Waals surface area (Å²) in [6.45, 7) is 0. The number of esters is 1. The van der Waals surface area contributed by atoms with Crippen molar-refractivity contribution in [2.75, 3.05) is 21.3 Å². The Labute approximate surface area is 140 Å². The highest BCUT2D eigenvalue weighted by Gasteiger charge is 2.35. The third kappa shape index (κ3) is 3.50. The van der Waals surface area contributed by atoms with E-state index in [1.807, 2.05) is 0 Å². The van der Waals surface area contributed by atoms with Crippen LogP contribution in [0.1, 0.15) is 17.7 Å². The van der Waals surface area contributed by atoms with E-state index in [1.54, 1.807) is 6.07 Å². The van der Waals surface area contributed by atoms with Gasteiger partial charge in [0.2, 0.25) is 0 Å². The molecular weight excluding hydrogens is 350 g/mol. The van der Waals surface area contributed by atoms with Crippen LogP contribution in [0.2, 0.25) is 5.02 Å². The molecule has 0 amide bonds. The molecule has 0 aliphatic heterocycles. The molecule has 8 heteroatoms. The Balaban J connectivity index is 2.43. The second kappa shape index (κ2) is 6.88. The number of alkyl halides is 2. The molecule has 0 saturated heterocycles. The van der Waals surface area contributed by atoms with Crippen LogP contribution in [0.4, 0.5) is 8.78 Å². The summed E-state index contributed by atoms with van der Waals surface area (Å²) in [6.07, 6.45) is -0.990. The van der Waals surface area contributed by atoms with Gasteiger partial charge in [-0.3, -0.25) is 4.79 Å². The zero-order chi connectivity index (χ0) is 17.2. The number of ether oxygens (including phenoxy) is 3. The molecule has 1 aromatic heterocycles. The number of benzene rings is 1. The maximum absolute atomic E-state index is 14.3. The predicted octanol–water partition coefficient (Wildman–Crippen LogP) is 4.62. The Hall–Kier alpha value is -1.60. The van der Waals surface area contributed by atoms with Gasteiger partial charge in [0, 0.05) is 22.6 Å². The minimum absolute atomic E-state index is 0.173. The minimum atomic E-state index is -3.15. The largest absolute Gasteiger partial charge is 0.493 e. The van der Waals surface area contributed by atoms with Crippen LogP contribution in [0.3, 0.4) is 0 Å². The fourth-order valence-corrected chi connectivity index (χ4v) is 3.59. The predicted molar refractivity (Wildman–Crippen MR) is 85.1 cm³/mol. The molecule has 2 aromatic rings. The summed E-state index contributed by atoms with van der Waals surface area (Å²) in [5, 5.41) is 0.676. The highest BCUT2D eigenvalue weighted by atomic mass is 35.5. The zero-order valence-electron chi connectivity index (χ0n) is 12.7. The van der Waals surface area contributed by atoms with Crippen molar-refractivity contribution in [3.8, 4) is 11.5 Å². The van der Waals surface area contributed by atoms with Crippen LogP contribution in [0.15, 0.2) is 12.1 Å². The minimum Gasteiger partial charge on any atom is -0.493 e. The highest BCUT2D eigenvalue weighted by Crippen LogP contribution is 2.47. The number of halogens is 3. The van der Waals surface area contributed by atoms with E-state index in [0.29, 0.717) is 21.6 Å². The average molecular weight is 365 g/mol. The highest BCUT2D eigenvalue weighted by molar-refractivity contribution is 7.19. The molecule has 0 saturated carbocycles. The van der Waals surface area contributed by atoms with Crippen LogP contribution in [-0.4, -0.2) is 27.3 Å². The van der Waals surface area contributed by atoms with Gasteiger partial charge in [-0.25, -0.2) is 8.78 Å². The number of carbonyl (C=O) groups is 1. The van der Waals surface area contributed by atoms with E-state index >= 15 is 0 Å². The number of thiophene rings is 1. The summed E-state index contributed by atoms with van der Waals surface area (Å²) in [4.78, 5) is 10.9. The van der Waals surface area contributed by atoms with Gasteiger partial charge in [0.15, 0.2) is 11.5 Å². The van der Waals surface area contributed by atoms with E-state index in [0.717, 1.165) is 18.4 Å². The van der Waals surface area contributed by atoms with Crippen molar-refractivity contribution in [2.24, 2.45) is 0 Å². The molecule has 1 aromatic carbocycles. The van der Waals surface area contributed by atoms with Crippen LogP contribution < -0.4 is 9.47 Å². The molecule has 0 aliphatic rings. The third-order valence-electron chi connectivity index (χ3n) is 3.34. The van der Waals surface area contributed by atoms with E-state index < -0.39 is 18.3 Å². The summed E-state index contributed by atoms with van der Waals surface area (Å²) in [5.41, 5.74) is 0. The lowest BCUT2D eigenvalue weighted by Gasteiger charge is -2.13. The molecule has 0 unspecified atom stereocenters. The lowest BCUT2D eigenvalue weighted by Crippen LogP contribution is -2.14. The van der Waals surface area contributed by atoms with Gasteiger partial charge in [-0.05, 0) is 6.07 Å². The Morgan fingerprint density at radius 1 is 1.26 bits per heavy atom. The van der Waals surface area contributed by atoms with Crippen molar-refractivity contribution in [2.45, 2.75) is 18.8 Å². The number of carbonyl (C=O) groups excluding carboxylic acids is 1. The maximum atomic E-state index is 14.3. The fraction of sp³-hybridized carbons (Fsp3) is 0.400. The molecule has 0 bridgehead atoms. The average Bonchev–Trinajstić information content (AvgIpc) is 2.97. The third-order valence-corrected chi connectivity index (χ3v) is 4.91. The van der Waals surface area contributed by atoms with Gasteiger partial charge >= 0.3 is 5.97 Å². The van der Waals surface area contributed by atoms with E-state index in [4.69, 9.17) is 21.1 Å². The second-order valence-electron chi connectivity index (χ2n) is 4.73. The van der Waals surface area contributed by atoms with Crippen molar-refractivity contribution in [1.29, 1.82) is 0 Å². The Morgan fingerprint density at radius 3 is 2.52 bits per heavy atom. The van der Waals surface area contributed by atoms with Gasteiger partial charge in [-0.2, -0.15) is 0 Å². The molecular formula is C15H15ClF2O4S. The molecule has 0 fully saturated rings. The van der Waals surface area contributed by atoms with Crippen LogP contribution in [0.5, 0.6) is 11.5 Å². The summed E-state index contributed by atoms with van der Waals surface area (Å²) >= 11 is 7.13. The first-order valence-corrected chi connectivity index (χ1v) is 7.82. The second-order valence-corrected chi connectivity index (χ2v) is 6.19. The number of rotatable bonds is 6. The van der Waals surface area contributed by atoms with E-state index in [9.17, 15) is 13.6 Å². The van der Waals surface area contributed by atoms with E-state index in [2.05, 4.69) is 4.74 Å². The van der Waals surface area contributed by atoms with Crippen molar-refractivity contribution in [1.82, 2.24) is 0 Å². The lowest BCUT2D eigenvalue weighted by atomic mass is 10.1. The van der Waals surface area contributed by atoms with Crippen LogP contribution >= 0.6 is 22.9 Å². The van der Waals surface area contributed by atoms with Gasteiger partial charge in [0.05, 0.1) is 37.6 Å². The molecule has 23 heavy (non-hydrogen) atoms. The van der Waals surface area contributed by atoms with Gasteiger partial charge in [-0.1, -0.05) is 11.6 Å². The SMILES string of the molecule is COC(=O)CCC(F)(F)c1cc2c(Cl)c(OC)c(OC)cc2s1. The molecule has 0 atom stereocenters. The Kier molecular flexibility index (Phi) is 5.31. The maximum Gasteiger partial charge on any atom is 0.305 e. The normalized spacial score (nSPS) is 11.6. The topological polar surface area (TPSA) is 44.8 Å². The van der Waals surface area contributed by atoms with Gasteiger partial charge < -0.3 is 14.2 Å². The van der Waals surface area contributed by atoms with Crippen molar-refractivity contribution in [3.63, 3.8) is 0 Å². The Morgan fingerprint density at radius 2 is 1.96 bits per heavy atom. The molecule has 126 valence electrons. The summed E-state index contributed by atoms with van der Waals surface area (Å²) < 4.78 is 43.8. The fourth-order valence-electron chi connectivity index (χ4n) is 2.11. The van der Waals surface area contributed by atoms with Crippen molar-refractivity contribution >= 4 is 39.0 Å². The number of hydrogen-bond acceptors (Lipinski definition) is 5. The standard InChI is InChI=1S/C15H15ClF2O4S/c1-20-9-7-10-8(13(16)14(9)22-3)6-11(23-10)15(17,18)5-4-12(19)21-2/h6-7H,4-5H2,1-3H3. The molecule has 1 heterocycles. The molecule has 0 aliphatic carbocycles. The number of hydrogen-bond donors (Lipinski definition) is 0.